The summed E-state index contributed by atoms with van der Waals surface area (Å²) in [6.45, 7) is 0. The molecule has 0 atom stereocenters. The number of Topliss-reactive ketones (excluding diaryl/α,β-unsaturated/α-hetero) is 1. The van der Waals surface area contributed by atoms with E-state index < -0.39 is 0 Å². The second-order valence-electron chi connectivity index (χ2n) is 2.22. The lowest BCUT2D eigenvalue weighted by atomic mass is 9.99. The van der Waals surface area contributed by atoms with E-state index in [2.05, 4.69) is 9.97 Å². The fourth-order valence-corrected chi connectivity index (χ4v) is 0.747. The Hall–Kier alpha value is -1.39. The van der Waals surface area contributed by atoms with Crippen molar-refractivity contribution in [1.82, 2.24) is 9.97 Å². The van der Waals surface area contributed by atoms with Crippen molar-refractivity contribution < 1.29 is 9.53 Å². The van der Waals surface area contributed by atoms with Crippen LogP contribution >= 0.6 is 0 Å². The summed E-state index contributed by atoms with van der Waals surface area (Å²) >= 11 is 0. The topological polar surface area (TPSA) is 52.1 Å². The number of methoxy groups -OCH3 is 1. The summed E-state index contributed by atoms with van der Waals surface area (Å²) in [6.07, 6.45) is 3.30. The first-order valence-corrected chi connectivity index (χ1v) is 3.67. The van der Waals surface area contributed by atoms with Crippen molar-refractivity contribution in [3.63, 3.8) is 0 Å². The van der Waals surface area contributed by atoms with Gasteiger partial charge in [-0.1, -0.05) is 0 Å². The molecule has 1 rings (SSSR count). The maximum Gasteiger partial charge on any atom is 0.232 e. The van der Waals surface area contributed by atoms with Crippen LogP contribution in [0.5, 0.6) is 5.88 Å². The zero-order valence-corrected chi connectivity index (χ0v) is 7.07. The zero-order valence-electron chi connectivity index (χ0n) is 7.07. The van der Waals surface area contributed by atoms with Crippen LogP contribution in [-0.4, -0.2) is 30.7 Å². The Morgan fingerprint density at radius 1 is 1.58 bits per heavy atom. The van der Waals surface area contributed by atoms with Gasteiger partial charge in [0.05, 0.1) is 19.5 Å². The first kappa shape index (κ1) is 8.71. The number of carbonyl (C=O) groups is 1. The molecular formula is C7H9BN2O2. The fraction of sp³-hybridized carbons (Fsp3) is 0.286. The van der Waals surface area contributed by atoms with E-state index in [1.165, 1.54) is 19.5 Å². The summed E-state index contributed by atoms with van der Waals surface area (Å²) in [5, 5.41) is 0. The van der Waals surface area contributed by atoms with Crippen molar-refractivity contribution in [1.29, 1.82) is 0 Å². The zero-order chi connectivity index (χ0) is 8.97. The predicted molar refractivity (Wildman–Crippen MR) is 46.3 cm³/mol. The number of hydrogen-bond donors (Lipinski definition) is 0. The molecule has 4 nitrogen and oxygen atoms in total. The van der Waals surface area contributed by atoms with Crippen LogP contribution in [0, 0.1) is 0 Å². The molecule has 0 bridgehead atoms. The summed E-state index contributed by atoms with van der Waals surface area (Å²) < 4.78 is 4.80. The molecule has 0 aliphatic carbocycles. The molecule has 0 aliphatic heterocycles. The Morgan fingerprint density at radius 3 is 2.75 bits per heavy atom. The number of nitrogens with zero attached hydrogens (tertiary/aromatic N) is 2. The van der Waals surface area contributed by atoms with Crippen LogP contribution < -0.4 is 4.74 Å². The van der Waals surface area contributed by atoms with E-state index in [1.807, 2.05) is 0 Å². The summed E-state index contributed by atoms with van der Waals surface area (Å²) in [4.78, 5) is 18.8. The predicted octanol–water partition coefficient (Wildman–Crippen LogP) is -0.281. The van der Waals surface area contributed by atoms with Crippen molar-refractivity contribution >= 4 is 13.6 Å². The van der Waals surface area contributed by atoms with Crippen LogP contribution in [0.2, 0.25) is 6.32 Å². The highest BCUT2D eigenvalue weighted by molar-refractivity contribution is 6.23. The third kappa shape index (κ3) is 1.81. The molecular weight excluding hydrogens is 155 g/mol. The van der Waals surface area contributed by atoms with Gasteiger partial charge in [-0.15, -0.1) is 0 Å². The van der Waals surface area contributed by atoms with Crippen molar-refractivity contribution in [2.24, 2.45) is 0 Å². The van der Waals surface area contributed by atoms with Gasteiger partial charge in [-0.2, -0.15) is 0 Å². The summed E-state index contributed by atoms with van der Waals surface area (Å²) in [5.74, 6) is 0.410. The number of hydrogen-bond acceptors (Lipinski definition) is 4. The minimum absolute atomic E-state index is 0.00912. The Labute approximate surface area is 71.4 Å². The lowest BCUT2D eigenvalue weighted by molar-refractivity contribution is 0.101. The number of aromatic nitrogens is 2. The molecule has 62 valence electrons. The molecule has 0 spiro atoms. The van der Waals surface area contributed by atoms with Gasteiger partial charge in [0.25, 0.3) is 0 Å². The van der Waals surface area contributed by atoms with Crippen molar-refractivity contribution in [3.05, 3.63) is 18.1 Å². The van der Waals surface area contributed by atoms with E-state index in [0.717, 1.165) is 0 Å². The van der Waals surface area contributed by atoms with Crippen LogP contribution in [0.25, 0.3) is 0 Å². The molecule has 0 saturated heterocycles. The molecule has 0 amide bonds. The molecule has 5 heteroatoms. The molecule has 0 radical (unpaired) electrons. The second kappa shape index (κ2) is 3.85. The molecule has 0 aromatic carbocycles. The molecule has 0 aliphatic rings. The van der Waals surface area contributed by atoms with E-state index >= 15 is 0 Å². The first-order chi connectivity index (χ1) is 5.77. The standard InChI is InChI=1S/C7H9BN2O2/c1-12-7-4-9-5(3-10-7)6(11)2-8/h3-4H,2,8H2,1H3. The molecule has 0 N–H and O–H groups in total. The molecule has 0 unspecified atom stereocenters. The Bertz CT molecular complexity index is 273. The van der Waals surface area contributed by atoms with E-state index in [0.29, 0.717) is 17.9 Å². The Morgan fingerprint density at radius 2 is 2.33 bits per heavy atom. The molecule has 1 aromatic rings. The average molecular weight is 164 g/mol. The largest absolute Gasteiger partial charge is 0.480 e. The average Bonchev–Trinajstić information content (AvgIpc) is 2.17. The van der Waals surface area contributed by atoms with Crippen LogP contribution in [0.15, 0.2) is 12.4 Å². The summed E-state index contributed by atoms with van der Waals surface area (Å²) in [7, 11) is 3.29. The summed E-state index contributed by atoms with van der Waals surface area (Å²) in [5.41, 5.74) is 0.387. The number of carbonyl (C=O) groups excluding carboxylic acids is 1. The van der Waals surface area contributed by atoms with E-state index in [4.69, 9.17) is 4.74 Å². The highest BCUT2D eigenvalue weighted by atomic mass is 16.5. The Balaban J connectivity index is 2.84. The number of ether oxygens (including phenoxy) is 1. The molecule has 1 heterocycles. The highest BCUT2D eigenvalue weighted by Crippen LogP contribution is 2.03. The van der Waals surface area contributed by atoms with Crippen LogP contribution in [-0.2, 0) is 0 Å². The SMILES string of the molecule is BCC(=O)c1cnc(OC)cn1. The lowest BCUT2D eigenvalue weighted by Crippen LogP contribution is -2.02. The van der Waals surface area contributed by atoms with Gasteiger partial charge in [0, 0.05) is 0 Å². The minimum atomic E-state index is -0.00912. The monoisotopic (exact) mass is 164 g/mol. The van der Waals surface area contributed by atoms with Crippen LogP contribution in [0.1, 0.15) is 10.5 Å². The number of rotatable bonds is 3. The van der Waals surface area contributed by atoms with Gasteiger partial charge >= 0.3 is 0 Å². The minimum Gasteiger partial charge on any atom is -0.480 e. The first-order valence-electron chi connectivity index (χ1n) is 3.67. The van der Waals surface area contributed by atoms with Crippen molar-refractivity contribution in [2.75, 3.05) is 7.11 Å². The lowest BCUT2D eigenvalue weighted by Gasteiger charge is -1.98. The van der Waals surface area contributed by atoms with Crippen LogP contribution in [0.4, 0.5) is 0 Å². The normalized spacial score (nSPS) is 9.42. The van der Waals surface area contributed by atoms with Gasteiger partial charge in [0.2, 0.25) is 5.88 Å². The maximum absolute atomic E-state index is 11.1. The summed E-state index contributed by atoms with van der Waals surface area (Å²) in [6, 6.07) is 0. The van der Waals surface area contributed by atoms with E-state index in [-0.39, 0.29) is 5.78 Å². The molecule has 0 saturated carbocycles. The van der Waals surface area contributed by atoms with Crippen LogP contribution in [0.3, 0.4) is 0 Å². The van der Waals surface area contributed by atoms with E-state index in [1.54, 1.807) is 7.85 Å². The Kier molecular flexibility index (Phi) is 2.79. The number of ketones is 1. The second-order valence-corrected chi connectivity index (χ2v) is 2.22. The fourth-order valence-electron chi connectivity index (χ4n) is 0.747. The molecule has 12 heavy (non-hydrogen) atoms. The van der Waals surface area contributed by atoms with Gasteiger partial charge in [-0.05, 0) is 6.32 Å². The molecule has 1 aromatic heterocycles. The van der Waals surface area contributed by atoms with Crippen molar-refractivity contribution in [2.45, 2.75) is 6.32 Å². The maximum atomic E-state index is 11.1. The van der Waals surface area contributed by atoms with Gasteiger partial charge in [0.1, 0.15) is 13.5 Å². The smallest absolute Gasteiger partial charge is 0.232 e. The van der Waals surface area contributed by atoms with Crippen molar-refractivity contribution in [3.8, 4) is 5.88 Å². The third-order valence-electron chi connectivity index (χ3n) is 1.44. The highest BCUT2D eigenvalue weighted by Gasteiger charge is 2.04. The van der Waals surface area contributed by atoms with Gasteiger partial charge < -0.3 is 4.74 Å². The quantitative estimate of drug-likeness (QED) is 0.455. The van der Waals surface area contributed by atoms with Gasteiger partial charge in [0.15, 0.2) is 5.78 Å². The van der Waals surface area contributed by atoms with E-state index in [9.17, 15) is 4.79 Å². The van der Waals surface area contributed by atoms with Gasteiger partial charge in [-0.3, -0.25) is 4.79 Å². The van der Waals surface area contributed by atoms with Gasteiger partial charge in [-0.25, -0.2) is 9.97 Å². The third-order valence-corrected chi connectivity index (χ3v) is 1.44. The molecule has 0 fully saturated rings.